The summed E-state index contributed by atoms with van der Waals surface area (Å²) in [6.07, 6.45) is 0.377. The lowest BCUT2D eigenvalue weighted by Gasteiger charge is -2.10. The average molecular weight is 390 g/mol. The van der Waals surface area contributed by atoms with Gasteiger partial charge in [0, 0.05) is 18.9 Å². The van der Waals surface area contributed by atoms with Crippen molar-refractivity contribution in [3.8, 4) is 0 Å². The summed E-state index contributed by atoms with van der Waals surface area (Å²) in [5, 5.41) is 9.55. The molecule has 0 fully saturated rings. The highest BCUT2D eigenvalue weighted by atomic mass is 19.4. The number of aliphatic carboxylic acids is 1. The van der Waals surface area contributed by atoms with Gasteiger partial charge in [0.15, 0.2) is 0 Å². The standard InChI is InChI=1S/C19H17F3N4O2/c20-19(21,22)14-4-1-12(2-5-14)9-26-10-16(25-11-26)15(18(27)28)7-13-3-6-17(23)24-8-13/h1-6,8,10-11,15H,7,9H2,(H2,23,24)(H,27,28). The molecule has 3 rings (SSSR count). The first-order chi connectivity index (χ1) is 13.2. The first-order valence-electron chi connectivity index (χ1n) is 8.33. The fourth-order valence-corrected chi connectivity index (χ4v) is 2.76. The van der Waals surface area contributed by atoms with Gasteiger partial charge >= 0.3 is 12.1 Å². The summed E-state index contributed by atoms with van der Waals surface area (Å²) < 4.78 is 39.5. The number of aromatic nitrogens is 3. The van der Waals surface area contributed by atoms with Gasteiger partial charge in [0.2, 0.25) is 0 Å². The fraction of sp³-hybridized carbons (Fsp3) is 0.211. The number of imidazole rings is 1. The second-order valence-corrected chi connectivity index (χ2v) is 6.35. The molecule has 1 atom stereocenters. The number of benzene rings is 1. The van der Waals surface area contributed by atoms with Crippen LogP contribution in [-0.2, 0) is 23.9 Å². The van der Waals surface area contributed by atoms with Crippen molar-refractivity contribution < 1.29 is 23.1 Å². The van der Waals surface area contributed by atoms with E-state index >= 15 is 0 Å². The number of alkyl halides is 3. The van der Waals surface area contributed by atoms with E-state index in [0.29, 0.717) is 22.6 Å². The Balaban J connectivity index is 1.73. The minimum atomic E-state index is -4.38. The summed E-state index contributed by atoms with van der Waals surface area (Å²) in [5.41, 5.74) is 6.53. The average Bonchev–Trinajstić information content (AvgIpc) is 3.08. The highest BCUT2D eigenvalue weighted by Crippen LogP contribution is 2.29. The lowest BCUT2D eigenvalue weighted by atomic mass is 9.98. The maximum atomic E-state index is 12.6. The van der Waals surface area contributed by atoms with E-state index in [0.717, 1.165) is 12.1 Å². The molecule has 0 spiro atoms. The Morgan fingerprint density at radius 2 is 1.79 bits per heavy atom. The van der Waals surface area contributed by atoms with E-state index in [1.165, 1.54) is 24.7 Å². The zero-order chi connectivity index (χ0) is 20.3. The first-order valence-corrected chi connectivity index (χ1v) is 8.33. The van der Waals surface area contributed by atoms with E-state index in [1.807, 2.05) is 0 Å². The largest absolute Gasteiger partial charge is 0.481 e. The smallest absolute Gasteiger partial charge is 0.416 e. The molecule has 9 heteroatoms. The van der Waals surface area contributed by atoms with Crippen molar-refractivity contribution in [3.05, 3.63) is 77.5 Å². The molecule has 146 valence electrons. The second-order valence-electron chi connectivity index (χ2n) is 6.35. The van der Waals surface area contributed by atoms with Crippen LogP contribution in [0.25, 0.3) is 0 Å². The van der Waals surface area contributed by atoms with Gasteiger partial charge in [0.25, 0.3) is 0 Å². The van der Waals surface area contributed by atoms with Crippen LogP contribution in [0.3, 0.4) is 0 Å². The maximum absolute atomic E-state index is 12.6. The molecule has 3 aromatic rings. The monoisotopic (exact) mass is 390 g/mol. The minimum absolute atomic E-state index is 0.194. The lowest BCUT2D eigenvalue weighted by molar-refractivity contribution is -0.139. The van der Waals surface area contributed by atoms with Crippen molar-refractivity contribution in [2.75, 3.05) is 5.73 Å². The molecule has 0 saturated carbocycles. The summed E-state index contributed by atoms with van der Waals surface area (Å²) in [7, 11) is 0. The van der Waals surface area contributed by atoms with Crippen LogP contribution in [0.4, 0.5) is 19.0 Å². The van der Waals surface area contributed by atoms with Crippen molar-refractivity contribution in [2.24, 2.45) is 0 Å². The van der Waals surface area contributed by atoms with Gasteiger partial charge in [-0.25, -0.2) is 9.97 Å². The van der Waals surface area contributed by atoms with Crippen LogP contribution in [0.1, 0.15) is 28.3 Å². The van der Waals surface area contributed by atoms with Crippen molar-refractivity contribution in [2.45, 2.75) is 25.1 Å². The third kappa shape index (κ3) is 4.67. The number of pyridine rings is 1. The molecule has 0 aliphatic carbocycles. The Labute approximate surface area is 158 Å². The van der Waals surface area contributed by atoms with Crippen molar-refractivity contribution in [3.63, 3.8) is 0 Å². The molecule has 3 N–H and O–H groups in total. The van der Waals surface area contributed by atoms with E-state index in [-0.39, 0.29) is 13.0 Å². The molecular weight excluding hydrogens is 373 g/mol. The van der Waals surface area contributed by atoms with E-state index in [1.54, 1.807) is 22.9 Å². The number of carbonyl (C=O) groups is 1. The fourth-order valence-electron chi connectivity index (χ4n) is 2.76. The van der Waals surface area contributed by atoms with Gasteiger partial charge in [-0.3, -0.25) is 4.79 Å². The Kier molecular flexibility index (Phi) is 5.34. The van der Waals surface area contributed by atoms with Gasteiger partial charge in [0.1, 0.15) is 11.7 Å². The number of nitrogens with zero attached hydrogens (tertiary/aromatic N) is 3. The third-order valence-corrected chi connectivity index (χ3v) is 4.24. The van der Waals surface area contributed by atoms with Crippen molar-refractivity contribution >= 4 is 11.8 Å². The van der Waals surface area contributed by atoms with Crippen molar-refractivity contribution in [1.82, 2.24) is 14.5 Å². The molecule has 28 heavy (non-hydrogen) atoms. The molecule has 1 aromatic carbocycles. The van der Waals surface area contributed by atoms with Crippen LogP contribution in [0.5, 0.6) is 0 Å². The van der Waals surface area contributed by atoms with E-state index in [4.69, 9.17) is 5.73 Å². The quantitative estimate of drug-likeness (QED) is 0.673. The number of carboxylic acid groups (broad SMARTS) is 1. The number of nitrogens with two attached hydrogens (primary N) is 1. The number of halogens is 3. The Morgan fingerprint density at radius 3 is 2.36 bits per heavy atom. The van der Waals surface area contributed by atoms with Crippen LogP contribution in [-0.4, -0.2) is 25.6 Å². The van der Waals surface area contributed by atoms with Gasteiger partial charge in [-0.05, 0) is 35.7 Å². The molecule has 0 saturated heterocycles. The third-order valence-electron chi connectivity index (χ3n) is 4.24. The second kappa shape index (κ2) is 7.71. The zero-order valence-electron chi connectivity index (χ0n) is 14.6. The molecule has 0 aliphatic heterocycles. The highest BCUT2D eigenvalue weighted by Gasteiger charge is 2.30. The zero-order valence-corrected chi connectivity index (χ0v) is 14.6. The summed E-state index contributed by atoms with van der Waals surface area (Å²) >= 11 is 0. The molecule has 0 radical (unpaired) electrons. The number of nitrogen functional groups attached to an aromatic ring is 1. The molecule has 1 unspecified atom stereocenters. The van der Waals surface area contributed by atoms with E-state index in [2.05, 4.69) is 9.97 Å². The first kappa shape index (κ1) is 19.4. The molecule has 6 nitrogen and oxygen atoms in total. The Bertz CT molecular complexity index is 951. The molecular formula is C19H17F3N4O2. The van der Waals surface area contributed by atoms with Gasteiger partial charge in [0.05, 0.1) is 17.6 Å². The van der Waals surface area contributed by atoms with Gasteiger partial charge < -0.3 is 15.4 Å². The molecule has 0 amide bonds. The van der Waals surface area contributed by atoms with Crippen LogP contribution in [0.2, 0.25) is 0 Å². The summed E-state index contributed by atoms with van der Waals surface area (Å²) in [6.45, 7) is 0.279. The highest BCUT2D eigenvalue weighted by molar-refractivity contribution is 5.75. The minimum Gasteiger partial charge on any atom is -0.481 e. The number of rotatable bonds is 6. The Morgan fingerprint density at radius 1 is 1.11 bits per heavy atom. The van der Waals surface area contributed by atoms with Crippen LogP contribution >= 0.6 is 0 Å². The maximum Gasteiger partial charge on any atom is 0.416 e. The van der Waals surface area contributed by atoms with Gasteiger partial charge in [-0.2, -0.15) is 13.2 Å². The SMILES string of the molecule is Nc1ccc(CC(C(=O)O)c2cn(Cc3ccc(C(F)(F)F)cc3)cn2)cn1. The molecule has 0 bridgehead atoms. The topological polar surface area (TPSA) is 94.0 Å². The summed E-state index contributed by atoms with van der Waals surface area (Å²) in [6, 6.07) is 8.10. The Hall–Kier alpha value is -3.36. The van der Waals surface area contributed by atoms with Gasteiger partial charge in [-0.1, -0.05) is 18.2 Å². The number of anilines is 1. The molecule has 2 aromatic heterocycles. The predicted octanol–water partition coefficient (Wildman–Crippen LogP) is 3.34. The number of hydrogen-bond acceptors (Lipinski definition) is 4. The van der Waals surface area contributed by atoms with E-state index < -0.39 is 23.6 Å². The number of hydrogen-bond donors (Lipinski definition) is 2. The van der Waals surface area contributed by atoms with Crippen molar-refractivity contribution in [1.29, 1.82) is 0 Å². The lowest BCUT2D eigenvalue weighted by Crippen LogP contribution is -2.15. The number of carboxylic acids is 1. The molecule has 2 heterocycles. The van der Waals surface area contributed by atoms with Crippen LogP contribution in [0, 0.1) is 0 Å². The normalized spacial score (nSPS) is 12.7. The summed E-state index contributed by atoms with van der Waals surface area (Å²) in [4.78, 5) is 19.8. The van der Waals surface area contributed by atoms with Crippen LogP contribution < -0.4 is 5.73 Å². The molecule has 0 aliphatic rings. The van der Waals surface area contributed by atoms with Gasteiger partial charge in [-0.15, -0.1) is 0 Å². The van der Waals surface area contributed by atoms with Crippen LogP contribution in [0.15, 0.2) is 55.1 Å². The summed E-state index contributed by atoms with van der Waals surface area (Å²) in [5.74, 6) is -1.56. The predicted molar refractivity (Wildman–Crippen MR) is 95.5 cm³/mol. The van der Waals surface area contributed by atoms with E-state index in [9.17, 15) is 23.1 Å².